The molecule has 1 spiro atoms. The molecular formula is C62H98O28. The summed E-state index contributed by atoms with van der Waals surface area (Å²) < 4.78 is 69.3. The van der Waals surface area contributed by atoms with Crippen molar-refractivity contribution in [3.8, 4) is 0 Å². The zero-order valence-corrected chi connectivity index (χ0v) is 53.0. The quantitative estimate of drug-likeness (QED) is 0.0504. The van der Waals surface area contributed by atoms with Gasteiger partial charge in [0, 0.05) is 23.3 Å². The molecule has 5 saturated carbocycles. The molecule has 10 fully saturated rings. The molecule has 5 aliphatic carbocycles. The molecule has 5 saturated heterocycles. The Morgan fingerprint density at radius 1 is 0.578 bits per heavy atom. The number of rotatable bonds is 15. The Morgan fingerprint density at radius 3 is 1.76 bits per heavy atom. The van der Waals surface area contributed by atoms with Gasteiger partial charge in [-0.1, -0.05) is 61.5 Å². The number of carbonyl (C=O) groups excluding carboxylic acids is 2. The Labute approximate surface area is 522 Å². The van der Waals surface area contributed by atoms with Crippen molar-refractivity contribution >= 4 is 17.9 Å². The largest absolute Gasteiger partial charge is 0.479 e. The number of carboxylic acids is 1. The third-order valence-corrected chi connectivity index (χ3v) is 24.3. The minimum Gasteiger partial charge on any atom is -0.479 e. The predicted octanol–water partition coefficient (Wildman–Crippen LogP) is -1.49. The molecule has 14 N–H and O–H groups in total. The number of aliphatic carboxylic acids is 1. The summed E-state index contributed by atoms with van der Waals surface area (Å²) >= 11 is 0. The van der Waals surface area contributed by atoms with Gasteiger partial charge >= 0.3 is 17.9 Å². The standard InChI is InChI=1S/C62H98O28/c1-12-24(3)50(78)89-48-47(75)56(5,6)20-30-61-19-15-29-58(9)17-16-31(57(7,8)28(58)14-18-59(29,10)60(61,11)21-32(83-33(65)13-2)62(30,48)55(79)90-61)84-54-46(88-52-41(73)38(70)35(67)26(22-63)81-52)43(42(74)44(86-54)49(76)77)85-53-45(39(71)36(68)27(23-64)82-53)87-51-40(72)37(69)34(66)25(4)80-51/h12,25-32,34-48,51-55,63-64,66-75,79H,13-23H2,1-11H3,(H,76,77)/b24-12-/t25-,26+,27+,28-,29+,30-,31-,32+,34-,35-,36-,37+,38-,39-,40+,41+,42-,43-,44-,45+,46+,47-,48-,51-,52-,53-,54+,55-,58-,59+,60-,61-,62+/m0/s1. The molecule has 90 heavy (non-hydrogen) atoms. The third-order valence-electron chi connectivity index (χ3n) is 24.3. The zero-order chi connectivity index (χ0) is 66.2. The number of ether oxygens (including phenoxy) is 11. The number of hydrogen-bond acceptors (Lipinski definition) is 27. The van der Waals surface area contributed by atoms with Gasteiger partial charge in [0.05, 0.1) is 37.1 Å². The first-order valence-corrected chi connectivity index (χ1v) is 31.9. The molecule has 0 aromatic carbocycles. The van der Waals surface area contributed by atoms with E-state index in [2.05, 4.69) is 20.8 Å². The first kappa shape index (κ1) is 70.1. The maximum absolute atomic E-state index is 13.8. The van der Waals surface area contributed by atoms with Crippen molar-refractivity contribution in [3.05, 3.63) is 11.6 Å². The van der Waals surface area contributed by atoms with Crippen molar-refractivity contribution in [2.75, 3.05) is 13.2 Å². The zero-order valence-electron chi connectivity index (χ0n) is 53.0. The highest BCUT2D eigenvalue weighted by Gasteiger charge is 2.86. The van der Waals surface area contributed by atoms with Crippen molar-refractivity contribution in [2.24, 2.45) is 50.2 Å². The molecule has 2 bridgehead atoms. The van der Waals surface area contributed by atoms with Crippen LogP contribution in [0.1, 0.15) is 134 Å². The highest BCUT2D eigenvalue weighted by Crippen LogP contribution is 2.82. The monoisotopic (exact) mass is 1290 g/mol. The normalized spacial score (nSPS) is 53.0. The van der Waals surface area contributed by atoms with Crippen molar-refractivity contribution in [1.29, 1.82) is 0 Å². The van der Waals surface area contributed by atoms with Gasteiger partial charge in [0.2, 0.25) is 0 Å². The lowest BCUT2D eigenvalue weighted by molar-refractivity contribution is -0.406. The van der Waals surface area contributed by atoms with Crippen LogP contribution in [-0.2, 0) is 66.5 Å². The van der Waals surface area contributed by atoms with E-state index in [-0.39, 0.29) is 31.1 Å². The highest BCUT2D eigenvalue weighted by molar-refractivity contribution is 5.87. The Balaban J connectivity index is 0.990. The second-order valence-electron chi connectivity index (χ2n) is 29.4. The number of esters is 2. The molecule has 0 amide bonds. The average Bonchev–Trinajstić information content (AvgIpc) is 1.36. The Hall–Kier alpha value is -2.73. The van der Waals surface area contributed by atoms with E-state index in [1.807, 2.05) is 27.7 Å². The average molecular weight is 1290 g/mol. The number of carboxylic acid groups (broad SMARTS) is 1. The van der Waals surface area contributed by atoms with E-state index < -0.39 is 229 Å². The van der Waals surface area contributed by atoms with E-state index in [0.717, 1.165) is 0 Å². The lowest BCUT2D eigenvalue weighted by atomic mass is 9.30. The Kier molecular flexibility index (Phi) is 19.5. The molecule has 514 valence electrons. The van der Waals surface area contributed by atoms with Crippen LogP contribution in [0.15, 0.2) is 11.6 Å². The predicted molar refractivity (Wildman–Crippen MR) is 303 cm³/mol. The maximum atomic E-state index is 13.8. The van der Waals surface area contributed by atoms with E-state index in [9.17, 15) is 85.9 Å². The van der Waals surface area contributed by atoms with Crippen LogP contribution in [0, 0.1) is 50.2 Å². The van der Waals surface area contributed by atoms with Gasteiger partial charge in [0.15, 0.2) is 37.6 Å². The van der Waals surface area contributed by atoms with Crippen LogP contribution in [0.4, 0.5) is 0 Å². The molecule has 0 unspecified atom stereocenters. The minimum absolute atomic E-state index is 0.00735. The Morgan fingerprint density at radius 2 is 1.14 bits per heavy atom. The SMILES string of the molecule is C/C=C(/C)C(=O)O[C@H]1[C@H](O)C(C)(C)C[C@@H]2[C@]13[C@@H](O)O[C@@]21CC[C@@H]2[C@@]4(C)CC[C@H](O[C@@H]5O[C@H](C(=O)O)[C@@H](O)[C@H](O[C@@H]6O[C@H](CO)[C@H](O)[C@H](O)[C@H]6O[C@@H]6O[C@@H](C)[C@H](O)[C@@H](O)[C@H]6O)[C@H]5O[C@@H]5O[C@H](CO)[C@H](O)[C@H](O)[C@H]5O)C(C)(C)[C@@H]4CC[C@@]2(C)[C@]1(C)C[C@H]3OC(=O)CC. The van der Waals surface area contributed by atoms with Crippen molar-refractivity contribution in [3.63, 3.8) is 0 Å². The van der Waals surface area contributed by atoms with Crippen LogP contribution in [0.25, 0.3) is 0 Å². The number of aliphatic hydroxyl groups is 13. The summed E-state index contributed by atoms with van der Waals surface area (Å²) in [6, 6.07) is 0. The first-order chi connectivity index (χ1) is 42.0. The number of hydrogen-bond donors (Lipinski definition) is 14. The van der Waals surface area contributed by atoms with Crippen molar-refractivity contribution in [2.45, 2.75) is 293 Å². The molecule has 28 nitrogen and oxygen atoms in total. The molecule has 28 heteroatoms. The third kappa shape index (κ3) is 10.7. The molecule has 0 aromatic heterocycles. The molecule has 10 aliphatic rings. The van der Waals surface area contributed by atoms with E-state index in [1.54, 1.807) is 26.8 Å². The van der Waals surface area contributed by atoms with Crippen LogP contribution in [-0.4, -0.2) is 262 Å². The first-order valence-electron chi connectivity index (χ1n) is 31.9. The number of carbonyl (C=O) groups is 3. The summed E-state index contributed by atoms with van der Waals surface area (Å²) in [6.45, 7) is 19.0. The summed E-state index contributed by atoms with van der Waals surface area (Å²) in [6.07, 6.45) is -39.3. The van der Waals surface area contributed by atoms with E-state index in [4.69, 9.17) is 52.1 Å². The summed E-state index contributed by atoms with van der Waals surface area (Å²) in [4.78, 5) is 40.9. The van der Waals surface area contributed by atoms with E-state index >= 15 is 0 Å². The lowest BCUT2D eigenvalue weighted by Crippen LogP contribution is -2.77. The summed E-state index contributed by atoms with van der Waals surface area (Å²) in [5.74, 6) is -3.77. The highest BCUT2D eigenvalue weighted by atomic mass is 16.8. The van der Waals surface area contributed by atoms with Crippen molar-refractivity contribution < 1.29 is 138 Å². The molecule has 5 aliphatic heterocycles. The van der Waals surface area contributed by atoms with Gasteiger partial charge < -0.3 is 124 Å². The van der Waals surface area contributed by atoms with Crippen molar-refractivity contribution in [1.82, 2.24) is 0 Å². The Bertz CT molecular complexity index is 2640. The van der Waals surface area contributed by atoms with Gasteiger partial charge in [-0.2, -0.15) is 0 Å². The van der Waals surface area contributed by atoms with E-state index in [0.29, 0.717) is 44.1 Å². The molecule has 5 heterocycles. The topological polar surface area (TPSA) is 436 Å². The summed E-state index contributed by atoms with van der Waals surface area (Å²) in [5.41, 5.74) is -5.99. The van der Waals surface area contributed by atoms with Crippen LogP contribution in [0.3, 0.4) is 0 Å². The molecule has 33 atom stereocenters. The van der Waals surface area contributed by atoms with Gasteiger partial charge in [-0.15, -0.1) is 0 Å². The van der Waals surface area contributed by atoms with Crippen LogP contribution in [0.5, 0.6) is 0 Å². The number of allylic oxidation sites excluding steroid dienone is 1. The fraction of sp³-hybridized carbons (Fsp3) is 0.919. The summed E-state index contributed by atoms with van der Waals surface area (Å²) in [5, 5.41) is 157. The molecular weight excluding hydrogens is 1190 g/mol. The second-order valence-corrected chi connectivity index (χ2v) is 29.4. The molecule has 0 radical (unpaired) electrons. The van der Waals surface area contributed by atoms with Gasteiger partial charge in [-0.3, -0.25) is 4.79 Å². The summed E-state index contributed by atoms with van der Waals surface area (Å²) in [7, 11) is 0. The second kappa shape index (κ2) is 25.0. The van der Waals surface area contributed by atoms with Crippen LogP contribution >= 0.6 is 0 Å². The minimum atomic E-state index is -2.30. The van der Waals surface area contributed by atoms with Gasteiger partial charge in [0.25, 0.3) is 0 Å². The molecule has 10 rings (SSSR count). The maximum Gasteiger partial charge on any atom is 0.335 e. The smallest absolute Gasteiger partial charge is 0.335 e. The van der Waals surface area contributed by atoms with Crippen LogP contribution < -0.4 is 0 Å². The fourth-order valence-corrected chi connectivity index (χ4v) is 19.0. The lowest BCUT2D eigenvalue weighted by Gasteiger charge is -2.75. The van der Waals surface area contributed by atoms with Gasteiger partial charge in [-0.05, 0) is 106 Å². The van der Waals surface area contributed by atoms with Gasteiger partial charge in [-0.25, -0.2) is 9.59 Å². The fourth-order valence-electron chi connectivity index (χ4n) is 19.0. The molecule has 0 aromatic rings. The number of aliphatic hydroxyl groups excluding tert-OH is 13. The van der Waals surface area contributed by atoms with Gasteiger partial charge in [0.1, 0.15) is 103 Å². The van der Waals surface area contributed by atoms with Crippen LogP contribution in [0.2, 0.25) is 0 Å². The van der Waals surface area contributed by atoms with E-state index in [1.165, 1.54) is 6.92 Å². The number of fused-ring (bicyclic) bond motifs is 4.